The van der Waals surface area contributed by atoms with E-state index in [0.29, 0.717) is 12.4 Å². The summed E-state index contributed by atoms with van der Waals surface area (Å²) in [4.78, 5) is 8.49. The molecule has 0 bridgehead atoms. The molecule has 2 N–H and O–H groups in total. The number of H-pyrrole nitrogens is 1. The van der Waals surface area contributed by atoms with E-state index in [0.717, 1.165) is 43.1 Å². The van der Waals surface area contributed by atoms with Crippen LogP contribution in [0.3, 0.4) is 0 Å². The Labute approximate surface area is 147 Å². The van der Waals surface area contributed by atoms with Crippen LogP contribution < -0.4 is 10.1 Å². The minimum absolute atomic E-state index is 0.632. The molecule has 25 heavy (non-hydrogen) atoms. The fourth-order valence-corrected chi connectivity index (χ4v) is 2.37. The Morgan fingerprint density at radius 1 is 1.04 bits per heavy atom. The molecule has 0 saturated carbocycles. The molecule has 3 aromatic rings. The molecule has 0 spiro atoms. The van der Waals surface area contributed by atoms with Crippen molar-refractivity contribution in [1.29, 1.82) is 0 Å². The summed E-state index contributed by atoms with van der Waals surface area (Å²) in [6, 6.07) is 12.0. The van der Waals surface area contributed by atoms with E-state index in [2.05, 4.69) is 44.5 Å². The molecule has 0 aliphatic rings. The average Bonchev–Trinajstić information content (AvgIpc) is 3.13. The van der Waals surface area contributed by atoms with Crippen LogP contribution in [-0.2, 0) is 13.1 Å². The van der Waals surface area contributed by atoms with Crippen LogP contribution in [0.25, 0.3) is 11.4 Å². The summed E-state index contributed by atoms with van der Waals surface area (Å²) >= 11 is 0. The number of hydrogen-bond donors (Lipinski definition) is 2. The number of aromatic amines is 1. The Morgan fingerprint density at radius 2 is 1.84 bits per heavy atom. The van der Waals surface area contributed by atoms with Crippen LogP contribution in [0.5, 0.6) is 5.75 Å². The van der Waals surface area contributed by atoms with E-state index in [4.69, 9.17) is 4.74 Å². The SMILES string of the molecule is CCCCOc1ccc(CNCc2nc(-c3ccncc3)n[nH]2)cc1. The van der Waals surface area contributed by atoms with Gasteiger partial charge in [0.1, 0.15) is 11.6 Å². The van der Waals surface area contributed by atoms with Crippen molar-refractivity contribution in [3.05, 3.63) is 60.2 Å². The van der Waals surface area contributed by atoms with Gasteiger partial charge in [0.15, 0.2) is 5.82 Å². The van der Waals surface area contributed by atoms with Crippen LogP contribution >= 0.6 is 0 Å². The normalized spacial score (nSPS) is 10.8. The second-order valence-corrected chi connectivity index (χ2v) is 5.79. The molecule has 6 nitrogen and oxygen atoms in total. The predicted octanol–water partition coefficient (Wildman–Crippen LogP) is 3.34. The van der Waals surface area contributed by atoms with E-state index in [1.165, 1.54) is 5.56 Å². The molecular formula is C19H23N5O. The first-order valence-electron chi connectivity index (χ1n) is 8.59. The van der Waals surface area contributed by atoms with E-state index in [1.54, 1.807) is 12.4 Å². The third-order valence-corrected chi connectivity index (χ3v) is 3.78. The van der Waals surface area contributed by atoms with Crippen molar-refractivity contribution < 1.29 is 4.74 Å². The summed E-state index contributed by atoms with van der Waals surface area (Å²) in [5.74, 6) is 2.42. The maximum Gasteiger partial charge on any atom is 0.181 e. The molecule has 0 unspecified atom stereocenters. The van der Waals surface area contributed by atoms with Gasteiger partial charge in [0.2, 0.25) is 0 Å². The van der Waals surface area contributed by atoms with Crippen molar-refractivity contribution in [3.63, 3.8) is 0 Å². The standard InChI is InChI=1S/C19H23N5O/c1-2-3-12-25-17-6-4-15(5-7-17)13-21-14-18-22-19(24-23-18)16-8-10-20-11-9-16/h4-11,21H,2-3,12-14H2,1H3,(H,22,23,24). The molecule has 0 radical (unpaired) electrons. The van der Waals surface area contributed by atoms with Crippen LogP contribution in [0.2, 0.25) is 0 Å². The number of nitrogens with one attached hydrogen (secondary N) is 2. The Bertz CT molecular complexity index is 755. The number of aromatic nitrogens is 4. The summed E-state index contributed by atoms with van der Waals surface area (Å²) in [7, 11) is 0. The van der Waals surface area contributed by atoms with E-state index in [9.17, 15) is 0 Å². The van der Waals surface area contributed by atoms with Crippen LogP contribution in [0.1, 0.15) is 31.2 Å². The lowest BCUT2D eigenvalue weighted by Gasteiger charge is -2.07. The monoisotopic (exact) mass is 337 g/mol. The molecule has 2 aromatic heterocycles. The van der Waals surface area contributed by atoms with Gasteiger partial charge in [-0.3, -0.25) is 10.1 Å². The molecule has 0 saturated heterocycles. The fraction of sp³-hybridized carbons (Fsp3) is 0.316. The highest BCUT2D eigenvalue weighted by atomic mass is 16.5. The van der Waals surface area contributed by atoms with E-state index >= 15 is 0 Å². The molecule has 1 aromatic carbocycles. The van der Waals surface area contributed by atoms with E-state index in [-0.39, 0.29) is 0 Å². The molecular weight excluding hydrogens is 314 g/mol. The van der Waals surface area contributed by atoms with Crippen molar-refractivity contribution in [2.75, 3.05) is 6.61 Å². The van der Waals surface area contributed by atoms with Crippen LogP contribution in [0, 0.1) is 0 Å². The molecule has 0 fully saturated rings. The Morgan fingerprint density at radius 3 is 2.60 bits per heavy atom. The molecule has 0 amide bonds. The number of pyridine rings is 1. The third kappa shape index (κ3) is 5.12. The van der Waals surface area contributed by atoms with Crippen molar-refractivity contribution >= 4 is 0 Å². The predicted molar refractivity (Wildman–Crippen MR) is 97.0 cm³/mol. The summed E-state index contributed by atoms with van der Waals surface area (Å²) in [5, 5.41) is 10.6. The van der Waals surface area contributed by atoms with Crippen LogP contribution in [0.4, 0.5) is 0 Å². The first kappa shape index (κ1) is 17.1. The second-order valence-electron chi connectivity index (χ2n) is 5.79. The maximum atomic E-state index is 5.67. The highest BCUT2D eigenvalue weighted by Gasteiger charge is 2.05. The van der Waals surface area contributed by atoms with E-state index < -0.39 is 0 Å². The van der Waals surface area contributed by atoms with Crippen molar-refractivity contribution in [2.24, 2.45) is 0 Å². The average molecular weight is 337 g/mol. The van der Waals surface area contributed by atoms with Gasteiger partial charge >= 0.3 is 0 Å². The van der Waals surface area contributed by atoms with Gasteiger partial charge in [-0.25, -0.2) is 4.98 Å². The largest absolute Gasteiger partial charge is 0.494 e. The van der Waals surface area contributed by atoms with Gasteiger partial charge < -0.3 is 10.1 Å². The molecule has 0 aliphatic carbocycles. The Kier molecular flexibility index (Phi) is 6.11. The number of unbranched alkanes of at least 4 members (excludes halogenated alkanes) is 1. The summed E-state index contributed by atoms with van der Waals surface area (Å²) < 4.78 is 5.67. The lowest BCUT2D eigenvalue weighted by atomic mass is 10.2. The van der Waals surface area contributed by atoms with Crippen LogP contribution in [-0.4, -0.2) is 26.8 Å². The number of benzene rings is 1. The van der Waals surface area contributed by atoms with Gasteiger partial charge in [-0.2, -0.15) is 5.10 Å². The van der Waals surface area contributed by atoms with Crippen LogP contribution in [0.15, 0.2) is 48.8 Å². The Hall–Kier alpha value is -2.73. The summed E-state index contributed by atoms with van der Waals surface area (Å²) in [6.07, 6.45) is 5.70. The highest BCUT2D eigenvalue weighted by Crippen LogP contribution is 2.14. The number of hydrogen-bond acceptors (Lipinski definition) is 5. The van der Waals surface area contributed by atoms with Gasteiger partial charge in [0, 0.05) is 24.5 Å². The third-order valence-electron chi connectivity index (χ3n) is 3.78. The molecule has 2 heterocycles. The minimum Gasteiger partial charge on any atom is -0.494 e. The maximum absolute atomic E-state index is 5.67. The summed E-state index contributed by atoms with van der Waals surface area (Å²) in [6.45, 7) is 4.33. The lowest BCUT2D eigenvalue weighted by Crippen LogP contribution is -2.13. The smallest absolute Gasteiger partial charge is 0.181 e. The number of rotatable bonds is 9. The number of ether oxygens (including phenoxy) is 1. The molecule has 3 rings (SSSR count). The summed E-state index contributed by atoms with van der Waals surface area (Å²) in [5.41, 5.74) is 2.16. The highest BCUT2D eigenvalue weighted by molar-refractivity contribution is 5.52. The number of nitrogens with zero attached hydrogens (tertiary/aromatic N) is 3. The molecule has 130 valence electrons. The first-order chi connectivity index (χ1) is 12.3. The van der Waals surface area contributed by atoms with Crippen molar-refractivity contribution in [3.8, 4) is 17.1 Å². The molecule has 0 atom stereocenters. The van der Waals surface area contributed by atoms with Crippen molar-refractivity contribution in [2.45, 2.75) is 32.9 Å². The zero-order chi connectivity index (χ0) is 17.3. The topological polar surface area (TPSA) is 75.7 Å². The molecule has 0 aliphatic heterocycles. The fourth-order valence-electron chi connectivity index (χ4n) is 2.37. The quantitative estimate of drug-likeness (QED) is 0.586. The first-order valence-corrected chi connectivity index (χ1v) is 8.59. The second kappa shape index (κ2) is 8.94. The van der Waals surface area contributed by atoms with E-state index in [1.807, 2.05) is 24.3 Å². The zero-order valence-electron chi connectivity index (χ0n) is 14.4. The van der Waals surface area contributed by atoms with Gasteiger partial charge in [0.05, 0.1) is 13.2 Å². The van der Waals surface area contributed by atoms with Gasteiger partial charge in [-0.05, 0) is 36.2 Å². The van der Waals surface area contributed by atoms with Gasteiger partial charge in [-0.15, -0.1) is 0 Å². The Balaban J connectivity index is 1.46. The van der Waals surface area contributed by atoms with Gasteiger partial charge in [0.25, 0.3) is 0 Å². The minimum atomic E-state index is 0.632. The van der Waals surface area contributed by atoms with Crippen molar-refractivity contribution in [1.82, 2.24) is 25.5 Å². The van der Waals surface area contributed by atoms with Gasteiger partial charge in [-0.1, -0.05) is 25.5 Å². The lowest BCUT2D eigenvalue weighted by molar-refractivity contribution is 0.309. The zero-order valence-corrected chi connectivity index (χ0v) is 14.4. The molecule has 6 heteroatoms.